The molecule has 0 spiro atoms. The number of rotatable bonds is 19. The maximum Gasteiger partial charge on any atom is 0.374 e. The van der Waals surface area contributed by atoms with Crippen LogP contribution >= 0.6 is 11.8 Å². The zero-order valence-corrected chi connectivity index (χ0v) is 31.6. The van der Waals surface area contributed by atoms with E-state index in [2.05, 4.69) is 21.3 Å². The molecule has 2 aliphatic heterocycles. The van der Waals surface area contributed by atoms with E-state index in [1.165, 1.54) is 24.3 Å². The van der Waals surface area contributed by atoms with Crippen molar-refractivity contribution in [1.82, 2.24) is 21.3 Å². The Bertz CT molecular complexity index is 2190. The number of benzene rings is 2. The molecule has 4 aromatic rings. The molecule has 0 saturated carbocycles. The quantitative estimate of drug-likeness (QED) is 0.0523. The fourth-order valence-corrected chi connectivity index (χ4v) is 7.98. The number of amides is 4. The number of ether oxygens (including phenoxy) is 3. The fraction of sp³-hybridized carbons (Fsp3) is 0.436. The highest BCUT2D eigenvalue weighted by Crippen LogP contribution is 2.33. The number of fused-ring (bicyclic) bond motifs is 3. The Kier molecular flexibility index (Phi) is 13.5. The lowest BCUT2D eigenvalue weighted by Crippen LogP contribution is -2.36. The molecule has 2 fully saturated rings. The first kappa shape index (κ1) is 40.1. The minimum atomic E-state index is -1.20. The van der Waals surface area contributed by atoms with Gasteiger partial charge in [0.25, 0.3) is 5.91 Å². The van der Waals surface area contributed by atoms with E-state index in [-0.39, 0.29) is 102 Å². The molecule has 2 saturated heterocycles. The van der Waals surface area contributed by atoms with E-state index in [0.717, 1.165) is 37.1 Å². The zero-order valence-electron chi connectivity index (χ0n) is 30.8. The summed E-state index contributed by atoms with van der Waals surface area (Å²) in [7, 11) is 0. The van der Waals surface area contributed by atoms with Gasteiger partial charge in [0.2, 0.25) is 11.7 Å². The van der Waals surface area contributed by atoms with Crippen molar-refractivity contribution < 1.29 is 47.3 Å². The predicted octanol–water partition coefficient (Wildman–Crippen LogP) is 3.25. The second-order valence-corrected chi connectivity index (χ2v) is 14.7. The van der Waals surface area contributed by atoms with E-state index in [4.69, 9.17) is 23.0 Å². The van der Waals surface area contributed by atoms with Crippen LogP contribution in [0.4, 0.5) is 4.79 Å². The number of aliphatic hydroxyl groups is 1. The molecule has 6 rings (SSSR count). The largest absolute Gasteiger partial charge is 0.490 e. The maximum atomic E-state index is 13.1. The monoisotopic (exact) mass is 792 g/mol. The lowest BCUT2D eigenvalue weighted by Gasteiger charge is -2.16. The molecule has 4 atom stereocenters. The number of hydrogen-bond acceptors (Lipinski definition) is 13. The standard InChI is InChI=1S/C39H44N4O12S/c1-2-3-16-51-38(49)31-18-25(46)35-27(9-7-11-29(35)55-31)53-20-22(44)19-52-26-8-6-10-28-34(26)24(45)17-30(54-28)37(48)41-15-14-40-33(47)13-5-4-12-32-36-23(21-56-32)42-39(50)43-36/h6-11,17-18,22-23,32,36,44H,2-5,12-16,19-21H2,1H3,(H,40,47)(H,41,48)(H2,42,43,50)/t22?,23?,32-,36?/m0/s1. The molecular formula is C39H44N4O12S. The summed E-state index contributed by atoms with van der Waals surface area (Å²) in [6, 6.07) is 11.5. The minimum absolute atomic E-state index is 0.0659. The molecule has 5 N–H and O–H groups in total. The van der Waals surface area contributed by atoms with E-state index in [0.29, 0.717) is 24.5 Å². The molecule has 0 bridgehead atoms. The van der Waals surface area contributed by atoms with Crippen LogP contribution in [-0.2, 0) is 9.53 Å². The Hall–Kier alpha value is -5.55. The van der Waals surface area contributed by atoms with Crippen LogP contribution in [0, 0.1) is 0 Å². The van der Waals surface area contributed by atoms with E-state index in [1.807, 2.05) is 18.7 Å². The third-order valence-electron chi connectivity index (χ3n) is 9.26. The van der Waals surface area contributed by atoms with E-state index in [9.17, 15) is 33.9 Å². The number of carbonyl (C=O) groups is 4. The van der Waals surface area contributed by atoms with Crippen molar-refractivity contribution in [3.8, 4) is 11.5 Å². The van der Waals surface area contributed by atoms with Crippen LogP contribution in [0.3, 0.4) is 0 Å². The number of hydrogen-bond donors (Lipinski definition) is 5. The number of aliphatic hydroxyl groups excluding tert-OH is 1. The van der Waals surface area contributed by atoms with Crippen LogP contribution in [0.15, 0.2) is 67.0 Å². The summed E-state index contributed by atoms with van der Waals surface area (Å²) >= 11 is 1.84. The minimum Gasteiger partial charge on any atom is -0.490 e. The Balaban J connectivity index is 0.944. The first-order valence-electron chi connectivity index (χ1n) is 18.6. The van der Waals surface area contributed by atoms with Crippen molar-refractivity contribution in [2.45, 2.75) is 68.9 Å². The van der Waals surface area contributed by atoms with Crippen molar-refractivity contribution in [2.24, 2.45) is 0 Å². The molecule has 4 amide bonds. The summed E-state index contributed by atoms with van der Waals surface area (Å²) in [6.07, 6.45) is 3.15. The van der Waals surface area contributed by atoms with Crippen molar-refractivity contribution in [1.29, 1.82) is 0 Å². The van der Waals surface area contributed by atoms with Gasteiger partial charge in [-0.05, 0) is 43.5 Å². The summed E-state index contributed by atoms with van der Waals surface area (Å²) in [5.74, 6) is -0.828. The van der Waals surface area contributed by atoms with E-state index in [1.54, 1.807) is 12.1 Å². The van der Waals surface area contributed by atoms with Gasteiger partial charge in [0, 0.05) is 42.6 Å². The smallest absolute Gasteiger partial charge is 0.374 e. The average Bonchev–Trinajstić information content (AvgIpc) is 3.74. The molecule has 298 valence electrons. The van der Waals surface area contributed by atoms with Crippen LogP contribution in [0.25, 0.3) is 21.9 Å². The van der Waals surface area contributed by atoms with Crippen molar-refractivity contribution in [3.05, 3.63) is 80.5 Å². The molecule has 3 unspecified atom stereocenters. The van der Waals surface area contributed by atoms with Crippen LogP contribution in [0.5, 0.6) is 11.5 Å². The van der Waals surface area contributed by atoms with Gasteiger partial charge in [-0.2, -0.15) is 11.8 Å². The molecule has 16 nitrogen and oxygen atoms in total. The number of esters is 1. The molecule has 17 heteroatoms. The Morgan fingerprint density at radius 2 is 1.52 bits per heavy atom. The number of thioether (sulfide) groups is 1. The zero-order chi connectivity index (χ0) is 39.6. The predicted molar refractivity (Wildman–Crippen MR) is 206 cm³/mol. The van der Waals surface area contributed by atoms with Gasteiger partial charge in [-0.25, -0.2) is 9.59 Å². The van der Waals surface area contributed by atoms with Gasteiger partial charge in [0.05, 0.1) is 18.7 Å². The highest BCUT2D eigenvalue weighted by molar-refractivity contribution is 8.00. The average molecular weight is 793 g/mol. The topological polar surface area (TPSA) is 225 Å². The van der Waals surface area contributed by atoms with Crippen molar-refractivity contribution >= 4 is 57.5 Å². The number of urea groups is 1. The summed E-state index contributed by atoms with van der Waals surface area (Å²) in [5.41, 5.74) is -0.859. The van der Waals surface area contributed by atoms with Gasteiger partial charge in [0.15, 0.2) is 16.6 Å². The van der Waals surface area contributed by atoms with Crippen LogP contribution < -0.4 is 41.6 Å². The lowest BCUT2D eigenvalue weighted by atomic mass is 10.0. The second kappa shape index (κ2) is 18.9. The highest BCUT2D eigenvalue weighted by atomic mass is 32.2. The molecule has 4 heterocycles. The van der Waals surface area contributed by atoms with E-state index < -0.39 is 28.8 Å². The van der Waals surface area contributed by atoms with Crippen LogP contribution in [0.1, 0.15) is 66.6 Å². The Morgan fingerprint density at radius 3 is 2.20 bits per heavy atom. The van der Waals surface area contributed by atoms with Crippen LogP contribution in [-0.4, -0.2) is 91.0 Å². The third-order valence-corrected chi connectivity index (χ3v) is 10.8. The summed E-state index contributed by atoms with van der Waals surface area (Å²) in [6.45, 7) is 1.88. The van der Waals surface area contributed by atoms with Gasteiger partial charge in [-0.1, -0.05) is 31.9 Å². The van der Waals surface area contributed by atoms with Gasteiger partial charge in [0.1, 0.15) is 52.8 Å². The molecule has 2 aliphatic rings. The van der Waals surface area contributed by atoms with Crippen molar-refractivity contribution in [3.63, 3.8) is 0 Å². The molecule has 0 radical (unpaired) electrons. The number of unbranched alkanes of at least 4 members (excludes halogenated alkanes) is 2. The molecule has 2 aromatic carbocycles. The first-order valence-corrected chi connectivity index (χ1v) is 19.6. The third kappa shape index (κ3) is 10.00. The lowest BCUT2D eigenvalue weighted by molar-refractivity contribution is -0.121. The van der Waals surface area contributed by atoms with Crippen molar-refractivity contribution in [2.75, 3.05) is 38.7 Å². The van der Waals surface area contributed by atoms with Gasteiger partial charge in [-0.15, -0.1) is 0 Å². The maximum absolute atomic E-state index is 13.1. The summed E-state index contributed by atoms with van der Waals surface area (Å²) in [4.78, 5) is 75.0. The van der Waals surface area contributed by atoms with Gasteiger partial charge < -0.3 is 49.4 Å². The summed E-state index contributed by atoms with van der Waals surface area (Å²) < 4.78 is 27.9. The van der Waals surface area contributed by atoms with Gasteiger partial charge >= 0.3 is 12.0 Å². The normalized spacial score (nSPS) is 17.8. The Morgan fingerprint density at radius 1 is 0.875 bits per heavy atom. The molecule has 0 aliphatic carbocycles. The van der Waals surface area contributed by atoms with Crippen LogP contribution in [0.2, 0.25) is 0 Å². The highest BCUT2D eigenvalue weighted by Gasteiger charge is 2.42. The number of nitrogens with one attached hydrogen (secondary N) is 4. The number of carbonyl (C=O) groups excluding carboxylic acids is 4. The molecule has 2 aromatic heterocycles. The Labute approximate surface area is 325 Å². The second-order valence-electron chi connectivity index (χ2n) is 13.4. The summed E-state index contributed by atoms with van der Waals surface area (Å²) in [5, 5.41) is 22.4. The SMILES string of the molecule is CCCCOC(=O)c1cc(=O)c2c(OCC(O)COc3cccc4oc(C(=O)NCCNC(=O)CCCC[C@@H]5SCC6NC(=O)NC65)cc(=O)c34)cccc2o1. The first-order chi connectivity index (χ1) is 27.1. The fourth-order valence-electron chi connectivity index (χ4n) is 6.44. The van der Waals surface area contributed by atoms with Gasteiger partial charge in [-0.3, -0.25) is 19.2 Å². The molecule has 56 heavy (non-hydrogen) atoms. The van der Waals surface area contributed by atoms with E-state index >= 15 is 0 Å². The molecular weight excluding hydrogens is 749 g/mol.